The molecule has 0 aromatic carbocycles. The van der Waals surface area contributed by atoms with Crippen molar-refractivity contribution in [3.63, 3.8) is 0 Å². The number of aliphatic hydroxyl groups excluding tert-OH is 1. The maximum atomic E-state index is 13.1. The molecule has 8 heteroatoms. The number of fused-ring (bicyclic) bond motifs is 5. The SMILES string of the molecule is CCCNC12C(OCCC)CC3C(CCC4CC(OC5C=CC(O)C(C)O5)CCC43C)C1(O)CCC2C1=CC(=O)OC1. The van der Waals surface area contributed by atoms with Gasteiger partial charge < -0.3 is 34.5 Å². The topological polar surface area (TPSA) is 106 Å². The Morgan fingerprint density at radius 3 is 2.62 bits per heavy atom. The number of esters is 1. The van der Waals surface area contributed by atoms with Gasteiger partial charge in [0.1, 0.15) is 6.61 Å². The summed E-state index contributed by atoms with van der Waals surface area (Å²) >= 11 is 0. The number of nitrogens with one attached hydrogen (secondary N) is 1. The number of hydrogen-bond donors (Lipinski definition) is 3. The molecule has 12 atom stereocenters. The molecule has 4 aliphatic carbocycles. The smallest absolute Gasteiger partial charge is 0.331 e. The number of ether oxygens (including phenoxy) is 4. The number of hydrogen-bond acceptors (Lipinski definition) is 8. The van der Waals surface area contributed by atoms with Gasteiger partial charge in [0.25, 0.3) is 0 Å². The lowest BCUT2D eigenvalue weighted by Crippen LogP contribution is -2.77. The van der Waals surface area contributed by atoms with Gasteiger partial charge in [0.15, 0.2) is 6.29 Å². The summed E-state index contributed by atoms with van der Waals surface area (Å²) in [6.45, 7) is 10.5. The molecule has 42 heavy (non-hydrogen) atoms. The van der Waals surface area contributed by atoms with Crippen molar-refractivity contribution in [2.24, 2.45) is 29.1 Å². The summed E-state index contributed by atoms with van der Waals surface area (Å²) in [5, 5.41) is 27.0. The number of carbonyl (C=O) groups excluding carboxylic acids is 1. The fraction of sp³-hybridized carbons (Fsp3) is 0.853. The Labute approximate surface area is 251 Å². The van der Waals surface area contributed by atoms with Crippen LogP contribution in [0.3, 0.4) is 0 Å². The molecule has 4 saturated carbocycles. The van der Waals surface area contributed by atoms with Gasteiger partial charge in [-0.1, -0.05) is 26.8 Å². The molecule has 0 spiro atoms. The Kier molecular flexibility index (Phi) is 8.71. The lowest BCUT2D eigenvalue weighted by atomic mass is 9.43. The molecule has 0 saturated heterocycles. The predicted octanol–water partition coefficient (Wildman–Crippen LogP) is 4.43. The minimum absolute atomic E-state index is 0.0161. The first-order chi connectivity index (χ1) is 20.2. The Morgan fingerprint density at radius 1 is 1.07 bits per heavy atom. The van der Waals surface area contributed by atoms with Gasteiger partial charge in [-0.2, -0.15) is 0 Å². The van der Waals surface area contributed by atoms with Crippen LogP contribution in [-0.4, -0.2) is 77.8 Å². The second-order valence-electron chi connectivity index (χ2n) is 14.3. The summed E-state index contributed by atoms with van der Waals surface area (Å²) in [4.78, 5) is 12.2. The number of aliphatic hydroxyl groups is 2. The van der Waals surface area contributed by atoms with Crippen LogP contribution in [0.1, 0.15) is 91.9 Å². The first-order valence-electron chi connectivity index (χ1n) is 16.8. The van der Waals surface area contributed by atoms with Crippen LogP contribution in [0.25, 0.3) is 0 Å². The van der Waals surface area contributed by atoms with E-state index in [0.29, 0.717) is 25.0 Å². The molecular formula is C34H53NO7. The van der Waals surface area contributed by atoms with Crippen LogP contribution in [0.4, 0.5) is 0 Å². The molecule has 2 aliphatic heterocycles. The molecule has 0 radical (unpaired) electrons. The van der Waals surface area contributed by atoms with Crippen molar-refractivity contribution in [1.82, 2.24) is 5.32 Å². The highest BCUT2D eigenvalue weighted by Crippen LogP contribution is 2.67. The quantitative estimate of drug-likeness (QED) is 0.269. The minimum Gasteiger partial charge on any atom is -0.458 e. The molecule has 6 aliphatic rings. The zero-order valence-electron chi connectivity index (χ0n) is 26.1. The van der Waals surface area contributed by atoms with Gasteiger partial charge in [0.2, 0.25) is 0 Å². The third kappa shape index (κ3) is 4.93. The Morgan fingerprint density at radius 2 is 1.90 bits per heavy atom. The van der Waals surface area contributed by atoms with E-state index in [1.807, 2.05) is 13.0 Å². The van der Waals surface area contributed by atoms with Crippen LogP contribution in [-0.2, 0) is 23.7 Å². The third-order valence-corrected chi connectivity index (χ3v) is 12.3. The van der Waals surface area contributed by atoms with Gasteiger partial charge in [-0.05, 0) is 112 Å². The van der Waals surface area contributed by atoms with Crippen molar-refractivity contribution in [3.8, 4) is 0 Å². The van der Waals surface area contributed by atoms with Gasteiger partial charge in [-0.15, -0.1) is 0 Å². The van der Waals surface area contributed by atoms with Crippen molar-refractivity contribution in [1.29, 1.82) is 0 Å². The number of rotatable bonds is 9. The molecule has 0 aromatic heterocycles. The van der Waals surface area contributed by atoms with Crippen LogP contribution in [0.15, 0.2) is 23.8 Å². The Hall–Kier alpha value is -1.29. The third-order valence-electron chi connectivity index (χ3n) is 12.3. The second kappa shape index (κ2) is 11.9. The fourth-order valence-corrected chi connectivity index (χ4v) is 10.2. The van der Waals surface area contributed by atoms with Crippen LogP contribution in [0.2, 0.25) is 0 Å². The molecule has 2 heterocycles. The van der Waals surface area contributed by atoms with E-state index in [-0.39, 0.29) is 41.5 Å². The zero-order valence-corrected chi connectivity index (χ0v) is 26.1. The average molecular weight is 588 g/mol. The molecule has 3 N–H and O–H groups in total. The van der Waals surface area contributed by atoms with E-state index in [2.05, 4.69) is 26.1 Å². The summed E-state index contributed by atoms with van der Waals surface area (Å²) in [5.41, 5.74) is -0.435. The van der Waals surface area contributed by atoms with Crippen molar-refractivity contribution in [2.75, 3.05) is 19.8 Å². The molecule has 0 aromatic rings. The number of cyclic esters (lactones) is 1. The van der Waals surface area contributed by atoms with Crippen molar-refractivity contribution in [3.05, 3.63) is 23.8 Å². The first kappa shape index (κ1) is 30.7. The lowest BCUT2D eigenvalue weighted by Gasteiger charge is -2.66. The van der Waals surface area contributed by atoms with Crippen molar-refractivity contribution < 1.29 is 34.0 Å². The molecule has 12 unspecified atom stereocenters. The number of carbonyl (C=O) groups is 1. The first-order valence-corrected chi connectivity index (χ1v) is 16.8. The molecule has 0 amide bonds. The maximum absolute atomic E-state index is 13.1. The van der Waals surface area contributed by atoms with Gasteiger partial charge in [0, 0.05) is 18.6 Å². The Bertz CT molecular complexity index is 1060. The van der Waals surface area contributed by atoms with E-state index >= 15 is 0 Å². The monoisotopic (exact) mass is 587 g/mol. The molecule has 8 nitrogen and oxygen atoms in total. The normalized spacial score (nSPS) is 48.3. The van der Waals surface area contributed by atoms with Crippen LogP contribution in [0.5, 0.6) is 0 Å². The molecule has 236 valence electrons. The molecular weight excluding hydrogens is 534 g/mol. The minimum atomic E-state index is -0.917. The average Bonchev–Trinajstić information content (AvgIpc) is 3.53. The summed E-state index contributed by atoms with van der Waals surface area (Å²) in [6.07, 6.45) is 13.5. The van der Waals surface area contributed by atoms with E-state index in [4.69, 9.17) is 18.9 Å². The molecule has 0 bridgehead atoms. The summed E-state index contributed by atoms with van der Waals surface area (Å²) < 4.78 is 24.6. The highest BCUT2D eigenvalue weighted by molar-refractivity contribution is 5.85. The van der Waals surface area contributed by atoms with Gasteiger partial charge in [-0.3, -0.25) is 0 Å². The summed E-state index contributed by atoms with van der Waals surface area (Å²) in [6, 6.07) is 0. The van der Waals surface area contributed by atoms with Gasteiger partial charge in [-0.25, -0.2) is 4.79 Å². The van der Waals surface area contributed by atoms with E-state index in [9.17, 15) is 15.0 Å². The van der Waals surface area contributed by atoms with Crippen LogP contribution in [0, 0.1) is 29.1 Å². The Balaban J connectivity index is 1.28. The molecule has 4 fully saturated rings. The van der Waals surface area contributed by atoms with E-state index in [1.54, 1.807) is 12.2 Å². The van der Waals surface area contributed by atoms with Gasteiger partial charge in [0.05, 0.1) is 35.6 Å². The van der Waals surface area contributed by atoms with E-state index in [1.165, 1.54) is 0 Å². The predicted molar refractivity (Wildman–Crippen MR) is 158 cm³/mol. The van der Waals surface area contributed by atoms with Crippen molar-refractivity contribution in [2.45, 2.75) is 134 Å². The summed E-state index contributed by atoms with van der Waals surface area (Å²) in [7, 11) is 0. The largest absolute Gasteiger partial charge is 0.458 e. The fourth-order valence-electron chi connectivity index (χ4n) is 10.2. The highest BCUT2D eigenvalue weighted by Gasteiger charge is 2.73. The lowest BCUT2D eigenvalue weighted by molar-refractivity contribution is -0.244. The van der Waals surface area contributed by atoms with Crippen molar-refractivity contribution >= 4 is 5.97 Å². The van der Waals surface area contributed by atoms with Gasteiger partial charge >= 0.3 is 5.97 Å². The van der Waals surface area contributed by atoms with Crippen LogP contribution < -0.4 is 5.32 Å². The zero-order chi connectivity index (χ0) is 29.7. The standard InChI is InChI=1S/C34H53NO7/c1-5-15-35-34-25(22-17-30(37)40-20-22)12-14-33(34,38)26-8-7-23-18-24(42-31-10-9-28(36)21(3)41-31)11-13-32(23,4)27(26)19-29(34)39-16-6-2/h9-10,17,21,23-29,31,35-36,38H,5-8,11-16,18-20H2,1-4H3. The maximum Gasteiger partial charge on any atom is 0.331 e. The highest BCUT2D eigenvalue weighted by atomic mass is 16.7. The van der Waals surface area contributed by atoms with E-state index in [0.717, 1.165) is 76.3 Å². The van der Waals surface area contributed by atoms with Crippen LogP contribution >= 0.6 is 0 Å². The van der Waals surface area contributed by atoms with E-state index < -0.39 is 23.5 Å². The second-order valence-corrected chi connectivity index (χ2v) is 14.3. The summed E-state index contributed by atoms with van der Waals surface area (Å²) in [5.74, 6) is 0.800. The molecule has 6 rings (SSSR count).